The highest BCUT2D eigenvalue weighted by molar-refractivity contribution is 5.72. The number of aliphatic hydroxyl groups is 1. The third kappa shape index (κ3) is 4.35. The van der Waals surface area contributed by atoms with Crippen molar-refractivity contribution in [3.05, 3.63) is 12.2 Å². The summed E-state index contributed by atoms with van der Waals surface area (Å²) in [5, 5.41) is 9.50. The minimum atomic E-state index is -0.232. The van der Waals surface area contributed by atoms with Crippen LogP contribution < -0.4 is 0 Å². The highest BCUT2D eigenvalue weighted by Crippen LogP contribution is 2.24. The Labute approximate surface area is 97.5 Å². The van der Waals surface area contributed by atoms with Gasteiger partial charge in [-0.2, -0.15) is 0 Å². The lowest BCUT2D eigenvalue weighted by Gasteiger charge is -2.10. The Balaban J connectivity index is 2.19. The Morgan fingerprint density at radius 3 is 2.88 bits per heavy atom. The second-order valence-corrected chi connectivity index (χ2v) is 4.60. The summed E-state index contributed by atoms with van der Waals surface area (Å²) in [6, 6.07) is 0. The van der Waals surface area contributed by atoms with Crippen molar-refractivity contribution in [1.29, 1.82) is 0 Å². The normalized spacial score (nSPS) is 27.3. The molecule has 0 aromatic rings. The van der Waals surface area contributed by atoms with Crippen LogP contribution in [0.1, 0.15) is 46.0 Å². The van der Waals surface area contributed by atoms with E-state index in [0.29, 0.717) is 18.8 Å². The van der Waals surface area contributed by atoms with Crippen molar-refractivity contribution >= 4 is 5.97 Å². The van der Waals surface area contributed by atoms with Crippen molar-refractivity contribution < 1.29 is 14.6 Å². The lowest BCUT2D eigenvalue weighted by molar-refractivity contribution is -0.141. The van der Waals surface area contributed by atoms with Crippen molar-refractivity contribution in [2.24, 2.45) is 5.92 Å². The molecule has 0 aromatic carbocycles. The van der Waals surface area contributed by atoms with Gasteiger partial charge in [0.05, 0.1) is 12.5 Å². The van der Waals surface area contributed by atoms with Gasteiger partial charge in [0.1, 0.15) is 6.10 Å². The van der Waals surface area contributed by atoms with Crippen LogP contribution in [0, 0.1) is 5.92 Å². The van der Waals surface area contributed by atoms with Gasteiger partial charge in [-0.3, -0.25) is 4.79 Å². The van der Waals surface area contributed by atoms with Crippen LogP contribution in [-0.2, 0) is 9.53 Å². The summed E-state index contributed by atoms with van der Waals surface area (Å²) < 4.78 is 5.18. The summed E-state index contributed by atoms with van der Waals surface area (Å²) in [7, 11) is 0. The molecule has 1 aliphatic heterocycles. The van der Waals surface area contributed by atoms with Gasteiger partial charge in [-0.1, -0.05) is 32.4 Å². The van der Waals surface area contributed by atoms with E-state index in [0.717, 1.165) is 19.3 Å². The second kappa shape index (κ2) is 6.69. The first-order chi connectivity index (χ1) is 7.63. The van der Waals surface area contributed by atoms with Crippen LogP contribution >= 0.6 is 0 Å². The van der Waals surface area contributed by atoms with Gasteiger partial charge in [-0.05, 0) is 12.8 Å². The Morgan fingerprint density at radius 1 is 1.56 bits per heavy atom. The van der Waals surface area contributed by atoms with Crippen LogP contribution in [0.4, 0.5) is 0 Å². The van der Waals surface area contributed by atoms with E-state index in [9.17, 15) is 9.90 Å². The molecule has 0 saturated carbocycles. The van der Waals surface area contributed by atoms with Crippen molar-refractivity contribution in [3.8, 4) is 0 Å². The quantitative estimate of drug-likeness (QED) is 0.559. The Bertz CT molecular complexity index is 248. The van der Waals surface area contributed by atoms with Gasteiger partial charge in [-0.25, -0.2) is 0 Å². The molecule has 0 spiro atoms. The lowest BCUT2D eigenvalue weighted by Crippen LogP contribution is -2.12. The number of esters is 1. The number of hydrogen-bond donors (Lipinski definition) is 1. The number of carbonyl (C=O) groups is 1. The summed E-state index contributed by atoms with van der Waals surface area (Å²) in [5.74, 6) is 0.231. The molecule has 0 aromatic heterocycles. The predicted molar refractivity (Wildman–Crippen MR) is 62.9 cm³/mol. The van der Waals surface area contributed by atoms with Crippen LogP contribution in [-0.4, -0.2) is 23.3 Å². The van der Waals surface area contributed by atoms with Crippen LogP contribution in [0.25, 0.3) is 0 Å². The molecule has 0 bridgehead atoms. The van der Waals surface area contributed by atoms with Crippen LogP contribution in [0.5, 0.6) is 0 Å². The maximum absolute atomic E-state index is 11.0. The van der Waals surface area contributed by atoms with E-state index in [2.05, 4.69) is 6.92 Å². The number of carbonyl (C=O) groups excluding carboxylic acids is 1. The van der Waals surface area contributed by atoms with E-state index < -0.39 is 0 Å². The van der Waals surface area contributed by atoms with Gasteiger partial charge in [0.25, 0.3) is 0 Å². The third-order valence-electron chi connectivity index (χ3n) is 2.97. The Hall–Kier alpha value is -0.830. The zero-order valence-corrected chi connectivity index (χ0v) is 10.2. The predicted octanol–water partition coefficient (Wildman–Crippen LogP) is 2.44. The van der Waals surface area contributed by atoms with E-state index in [1.807, 2.05) is 19.1 Å². The molecular formula is C13H22O3. The summed E-state index contributed by atoms with van der Waals surface area (Å²) >= 11 is 0. The summed E-state index contributed by atoms with van der Waals surface area (Å²) in [5.41, 5.74) is 0. The first kappa shape index (κ1) is 13.2. The number of hydrogen-bond acceptors (Lipinski definition) is 3. The molecule has 3 heteroatoms. The monoisotopic (exact) mass is 226 g/mol. The number of ether oxygens (including phenoxy) is 1. The first-order valence-electron chi connectivity index (χ1n) is 6.16. The van der Waals surface area contributed by atoms with Gasteiger partial charge < -0.3 is 9.84 Å². The topological polar surface area (TPSA) is 46.5 Å². The van der Waals surface area contributed by atoms with Crippen molar-refractivity contribution in [2.45, 2.75) is 58.2 Å². The molecule has 1 N–H and O–H groups in total. The van der Waals surface area contributed by atoms with Crippen molar-refractivity contribution in [2.75, 3.05) is 0 Å². The van der Waals surface area contributed by atoms with E-state index in [1.54, 1.807) is 0 Å². The molecule has 1 rings (SSSR count). The van der Waals surface area contributed by atoms with Crippen LogP contribution in [0.3, 0.4) is 0 Å². The molecular weight excluding hydrogens is 204 g/mol. The minimum absolute atomic E-state index is 0.0343. The zero-order chi connectivity index (χ0) is 12.0. The molecule has 3 atom stereocenters. The number of cyclic esters (lactones) is 1. The Kier molecular flexibility index (Phi) is 5.53. The van der Waals surface area contributed by atoms with Crippen LogP contribution in [0.2, 0.25) is 0 Å². The standard InChI is InChI=1S/C13H22O3/c1-3-6-11(14)7-4-5-8-12-10(2)9-13(15)16-12/h4-5,10-12,14H,3,6-9H2,1-2H3. The number of aliphatic hydroxyl groups excluding tert-OH is 1. The van der Waals surface area contributed by atoms with E-state index in [-0.39, 0.29) is 18.2 Å². The number of rotatable bonds is 6. The fourth-order valence-electron chi connectivity index (χ4n) is 1.94. The highest BCUT2D eigenvalue weighted by atomic mass is 16.5. The molecule has 0 amide bonds. The van der Waals surface area contributed by atoms with Gasteiger partial charge in [-0.15, -0.1) is 0 Å². The first-order valence-corrected chi connectivity index (χ1v) is 6.16. The Morgan fingerprint density at radius 2 is 2.31 bits per heavy atom. The molecule has 1 fully saturated rings. The lowest BCUT2D eigenvalue weighted by atomic mass is 10.0. The third-order valence-corrected chi connectivity index (χ3v) is 2.97. The molecule has 3 nitrogen and oxygen atoms in total. The van der Waals surface area contributed by atoms with Gasteiger partial charge in [0.2, 0.25) is 0 Å². The zero-order valence-electron chi connectivity index (χ0n) is 10.2. The minimum Gasteiger partial charge on any atom is -0.462 e. The summed E-state index contributed by atoms with van der Waals surface area (Å²) in [6.45, 7) is 4.10. The molecule has 1 heterocycles. The molecule has 3 unspecified atom stereocenters. The fraction of sp³-hybridized carbons (Fsp3) is 0.769. The van der Waals surface area contributed by atoms with E-state index >= 15 is 0 Å². The molecule has 1 saturated heterocycles. The maximum Gasteiger partial charge on any atom is 0.306 e. The summed E-state index contributed by atoms with van der Waals surface area (Å²) in [6.07, 6.45) is 7.66. The van der Waals surface area contributed by atoms with Crippen molar-refractivity contribution in [1.82, 2.24) is 0 Å². The second-order valence-electron chi connectivity index (χ2n) is 4.60. The van der Waals surface area contributed by atoms with E-state index in [4.69, 9.17) is 4.74 Å². The van der Waals surface area contributed by atoms with E-state index in [1.165, 1.54) is 0 Å². The fourth-order valence-corrected chi connectivity index (χ4v) is 1.94. The van der Waals surface area contributed by atoms with Gasteiger partial charge in [0.15, 0.2) is 0 Å². The SMILES string of the molecule is CCCC(O)CC=CCC1OC(=O)CC1C. The van der Waals surface area contributed by atoms with Gasteiger partial charge in [0, 0.05) is 12.3 Å². The summed E-state index contributed by atoms with van der Waals surface area (Å²) in [4.78, 5) is 11.0. The highest BCUT2D eigenvalue weighted by Gasteiger charge is 2.29. The molecule has 1 aliphatic rings. The molecule has 92 valence electrons. The molecule has 0 radical (unpaired) electrons. The smallest absolute Gasteiger partial charge is 0.306 e. The maximum atomic E-state index is 11.0. The largest absolute Gasteiger partial charge is 0.462 e. The molecule has 0 aliphatic carbocycles. The van der Waals surface area contributed by atoms with Crippen molar-refractivity contribution in [3.63, 3.8) is 0 Å². The molecule has 16 heavy (non-hydrogen) atoms. The van der Waals surface area contributed by atoms with Crippen LogP contribution in [0.15, 0.2) is 12.2 Å². The van der Waals surface area contributed by atoms with Gasteiger partial charge >= 0.3 is 5.97 Å². The average Bonchev–Trinajstić information content (AvgIpc) is 2.53. The average molecular weight is 226 g/mol.